The molecule has 2 aromatic heterocycles. The highest BCUT2D eigenvalue weighted by Gasteiger charge is 2.35. The monoisotopic (exact) mass is 472 g/mol. The lowest BCUT2D eigenvalue weighted by molar-refractivity contribution is -0.134. The average Bonchev–Trinajstić information content (AvgIpc) is 3.11. The molecule has 11 heteroatoms. The second kappa shape index (κ2) is 8.78. The Labute approximate surface area is 198 Å². The molecule has 1 aliphatic heterocycles. The van der Waals surface area contributed by atoms with Crippen LogP contribution in [0.3, 0.4) is 0 Å². The number of aliphatic carboxylic acids is 1. The van der Waals surface area contributed by atoms with Gasteiger partial charge in [0.15, 0.2) is 11.5 Å². The van der Waals surface area contributed by atoms with Crippen LogP contribution in [0.4, 0.5) is 5.82 Å². The molecule has 0 bridgehead atoms. The van der Waals surface area contributed by atoms with Crippen molar-refractivity contribution in [3.8, 4) is 17.2 Å². The third-order valence-corrected chi connectivity index (χ3v) is 5.66. The van der Waals surface area contributed by atoms with Crippen LogP contribution in [0.1, 0.15) is 6.04 Å². The summed E-state index contributed by atoms with van der Waals surface area (Å²) in [6.45, 7) is 0.463. The minimum atomic E-state index is -1.21. The highest BCUT2D eigenvalue weighted by Crippen LogP contribution is 2.28. The van der Waals surface area contributed by atoms with Gasteiger partial charge in [0.2, 0.25) is 5.91 Å². The number of carboxylic acid groups (broad SMARTS) is 1. The first-order chi connectivity index (χ1) is 16.9. The molecule has 3 N–H and O–H groups in total. The van der Waals surface area contributed by atoms with E-state index in [0.717, 1.165) is 12.2 Å². The van der Waals surface area contributed by atoms with E-state index in [4.69, 9.17) is 15.6 Å². The molecule has 0 saturated carbocycles. The zero-order valence-electron chi connectivity index (χ0n) is 18.3. The van der Waals surface area contributed by atoms with Crippen molar-refractivity contribution in [2.24, 2.45) is 0 Å². The van der Waals surface area contributed by atoms with Crippen molar-refractivity contribution in [2.45, 2.75) is 6.04 Å². The van der Waals surface area contributed by atoms with Crippen molar-refractivity contribution in [1.82, 2.24) is 24.0 Å². The van der Waals surface area contributed by atoms with Crippen LogP contribution in [0, 0.1) is 0 Å². The van der Waals surface area contributed by atoms with Gasteiger partial charge in [-0.15, -0.1) is 0 Å². The van der Waals surface area contributed by atoms with E-state index in [1.165, 1.54) is 20.4 Å². The maximum Gasteiger partial charge on any atom is 0.335 e. The number of nitrogens with two attached hydrogens (primary N) is 1. The van der Waals surface area contributed by atoms with Crippen LogP contribution < -0.4 is 16.2 Å². The topological polar surface area (TPSA) is 146 Å². The summed E-state index contributed by atoms with van der Waals surface area (Å²) in [6, 6.07) is 16.0. The number of rotatable bonds is 6. The Bertz CT molecular complexity index is 1500. The Morgan fingerprint density at radius 3 is 2.37 bits per heavy atom. The van der Waals surface area contributed by atoms with E-state index >= 15 is 0 Å². The van der Waals surface area contributed by atoms with Crippen LogP contribution in [0.15, 0.2) is 77.9 Å². The van der Waals surface area contributed by atoms with Crippen LogP contribution in [0.2, 0.25) is 0 Å². The summed E-state index contributed by atoms with van der Waals surface area (Å²) >= 11 is 0. The maximum absolute atomic E-state index is 13.5. The van der Waals surface area contributed by atoms with Gasteiger partial charge < -0.3 is 20.5 Å². The number of fused-ring (bicyclic) bond motifs is 1. The smallest absolute Gasteiger partial charge is 0.335 e. The summed E-state index contributed by atoms with van der Waals surface area (Å²) in [6.07, 6.45) is 3.06. The molecule has 1 aliphatic rings. The summed E-state index contributed by atoms with van der Waals surface area (Å²) < 4.78 is 8.76. The minimum Gasteiger partial charge on any atom is -0.478 e. The number of hydrogen-bond acceptors (Lipinski definition) is 7. The minimum absolute atomic E-state index is 0.145. The predicted molar refractivity (Wildman–Crippen MR) is 126 cm³/mol. The number of ether oxygens (including phenoxy) is 1. The van der Waals surface area contributed by atoms with Crippen molar-refractivity contribution in [3.05, 3.63) is 83.6 Å². The van der Waals surface area contributed by atoms with Crippen molar-refractivity contribution in [2.75, 3.05) is 18.8 Å². The highest BCUT2D eigenvalue weighted by molar-refractivity contribution is 5.94. The molecule has 0 atom stereocenters. The lowest BCUT2D eigenvalue weighted by Crippen LogP contribution is -2.52. The lowest BCUT2D eigenvalue weighted by atomic mass is 10.1. The first-order valence-corrected chi connectivity index (χ1v) is 10.7. The molecule has 5 rings (SSSR count). The standard InChI is InChI=1S/C24H20N6O5/c25-22-21-23(27-14-26-22)30(16-12-28(13-16)19(31)10-11-20(32)33)24(34)29(21)15-6-8-18(9-7-15)35-17-4-2-1-3-5-17/h1-11,14,16H,12-13H2,(H,32,33)(H2,25,26,27)/b11-10+. The fraction of sp³-hybridized carbons (Fsp3) is 0.125. The number of amides is 1. The van der Waals surface area contributed by atoms with Crippen LogP contribution in [-0.4, -0.2) is 54.1 Å². The number of aromatic nitrogens is 4. The summed E-state index contributed by atoms with van der Waals surface area (Å²) in [5.41, 5.74) is 7.03. The summed E-state index contributed by atoms with van der Waals surface area (Å²) in [5.74, 6) is -0.213. The van der Waals surface area contributed by atoms with Crippen molar-refractivity contribution in [1.29, 1.82) is 0 Å². The van der Waals surface area contributed by atoms with E-state index in [2.05, 4.69) is 9.97 Å². The molecule has 0 unspecified atom stereocenters. The molecule has 1 saturated heterocycles. The molecule has 35 heavy (non-hydrogen) atoms. The van der Waals surface area contributed by atoms with E-state index in [9.17, 15) is 14.4 Å². The molecule has 1 amide bonds. The quantitative estimate of drug-likeness (QED) is 0.405. The van der Waals surface area contributed by atoms with Crippen LogP contribution in [0.25, 0.3) is 16.9 Å². The van der Waals surface area contributed by atoms with Crippen LogP contribution >= 0.6 is 0 Å². The van der Waals surface area contributed by atoms with Gasteiger partial charge in [0.05, 0.1) is 11.7 Å². The molecule has 176 valence electrons. The van der Waals surface area contributed by atoms with E-state index in [-0.39, 0.29) is 30.6 Å². The Balaban J connectivity index is 1.47. The molecule has 4 aromatic rings. The normalized spacial score (nSPS) is 13.8. The first kappa shape index (κ1) is 21.9. The van der Waals surface area contributed by atoms with Gasteiger partial charge in [-0.1, -0.05) is 18.2 Å². The zero-order chi connectivity index (χ0) is 24.5. The molecule has 3 heterocycles. The number of likely N-dealkylation sites (tertiary alicyclic amines) is 1. The summed E-state index contributed by atoms with van der Waals surface area (Å²) in [4.78, 5) is 46.1. The third kappa shape index (κ3) is 4.10. The fourth-order valence-electron chi connectivity index (χ4n) is 3.97. The van der Waals surface area contributed by atoms with Crippen LogP contribution in [-0.2, 0) is 9.59 Å². The largest absolute Gasteiger partial charge is 0.478 e. The second-order valence-corrected chi connectivity index (χ2v) is 7.90. The Kier molecular flexibility index (Phi) is 5.49. The molecular formula is C24H20N6O5. The van der Waals surface area contributed by atoms with Gasteiger partial charge in [0.25, 0.3) is 0 Å². The molecular weight excluding hydrogens is 452 g/mol. The van der Waals surface area contributed by atoms with Gasteiger partial charge in [0, 0.05) is 25.2 Å². The van der Waals surface area contributed by atoms with E-state index < -0.39 is 11.9 Å². The number of anilines is 1. The fourth-order valence-corrected chi connectivity index (χ4v) is 3.97. The number of nitrogen functional groups attached to an aromatic ring is 1. The van der Waals surface area contributed by atoms with Crippen molar-refractivity contribution >= 4 is 28.9 Å². The number of imidazole rings is 1. The number of nitrogens with zero attached hydrogens (tertiary/aromatic N) is 5. The van der Waals surface area contributed by atoms with Gasteiger partial charge in [-0.3, -0.25) is 13.9 Å². The van der Waals surface area contributed by atoms with Crippen LogP contribution in [0.5, 0.6) is 11.5 Å². The van der Waals surface area contributed by atoms with E-state index in [1.807, 2.05) is 30.3 Å². The van der Waals surface area contributed by atoms with Gasteiger partial charge in [-0.2, -0.15) is 0 Å². The first-order valence-electron chi connectivity index (χ1n) is 10.7. The van der Waals surface area contributed by atoms with E-state index in [0.29, 0.717) is 28.4 Å². The number of carboxylic acids is 1. The van der Waals surface area contributed by atoms with E-state index in [1.54, 1.807) is 24.3 Å². The summed E-state index contributed by atoms with van der Waals surface area (Å²) in [5, 5.41) is 8.71. The Morgan fingerprint density at radius 1 is 1.00 bits per heavy atom. The second-order valence-electron chi connectivity index (χ2n) is 7.90. The molecule has 0 aliphatic carbocycles. The Hall–Kier alpha value is -4.93. The van der Waals surface area contributed by atoms with Gasteiger partial charge in [-0.05, 0) is 36.4 Å². The van der Waals surface area contributed by atoms with Gasteiger partial charge >= 0.3 is 11.7 Å². The number of benzene rings is 2. The molecule has 11 nitrogen and oxygen atoms in total. The third-order valence-electron chi connectivity index (χ3n) is 5.66. The molecule has 1 fully saturated rings. The lowest BCUT2D eigenvalue weighted by Gasteiger charge is -2.38. The highest BCUT2D eigenvalue weighted by atomic mass is 16.5. The van der Waals surface area contributed by atoms with Gasteiger partial charge in [-0.25, -0.2) is 19.6 Å². The number of para-hydroxylation sites is 1. The number of carbonyl (C=O) groups excluding carboxylic acids is 1. The zero-order valence-corrected chi connectivity index (χ0v) is 18.3. The Morgan fingerprint density at radius 2 is 1.69 bits per heavy atom. The molecule has 2 aromatic carbocycles. The average molecular weight is 472 g/mol. The van der Waals surface area contributed by atoms with Crippen molar-refractivity contribution in [3.63, 3.8) is 0 Å². The summed E-state index contributed by atoms with van der Waals surface area (Å²) in [7, 11) is 0. The number of carbonyl (C=O) groups is 2. The number of hydrogen-bond donors (Lipinski definition) is 2. The van der Waals surface area contributed by atoms with Gasteiger partial charge in [0.1, 0.15) is 23.3 Å². The predicted octanol–water partition coefficient (Wildman–Crippen LogP) is 1.98. The molecule has 0 spiro atoms. The van der Waals surface area contributed by atoms with Crippen molar-refractivity contribution < 1.29 is 19.4 Å². The maximum atomic E-state index is 13.5. The SMILES string of the molecule is Nc1ncnc2c1n(-c1ccc(Oc3ccccc3)cc1)c(=O)n2C1CN(C(=O)/C=C/C(=O)O)C1. The molecule has 0 radical (unpaired) electrons.